The normalized spacial score (nSPS) is 20.7. The lowest BCUT2D eigenvalue weighted by atomic mass is 10.0. The second kappa shape index (κ2) is 21.6. The van der Waals surface area contributed by atoms with Gasteiger partial charge in [0.2, 0.25) is 23.6 Å². The zero-order valence-electron chi connectivity index (χ0n) is 39.0. The van der Waals surface area contributed by atoms with Crippen LogP contribution in [-0.2, 0) is 35.3 Å². The molecule has 1 aliphatic carbocycles. The molecule has 15 nitrogen and oxygen atoms in total. The number of nitrogens with zero attached hydrogens (tertiary/aromatic N) is 2. The van der Waals surface area contributed by atoms with Gasteiger partial charge in [-0.1, -0.05) is 94.4 Å². The van der Waals surface area contributed by atoms with E-state index in [0.29, 0.717) is 56.8 Å². The average Bonchev–Trinajstić information content (AvgIpc) is 3.60. The van der Waals surface area contributed by atoms with Crippen molar-refractivity contribution >= 4 is 47.2 Å². The minimum absolute atomic E-state index is 0.102. The number of hydrogen-bond donors (Lipinski definition) is 4. The highest BCUT2D eigenvalue weighted by Crippen LogP contribution is 2.66. The zero-order chi connectivity index (χ0) is 47.8. The van der Waals surface area contributed by atoms with E-state index in [9.17, 15) is 28.8 Å². The van der Waals surface area contributed by atoms with Crippen LogP contribution in [-0.4, -0.2) is 97.1 Å². The monoisotopic (exact) mass is 914 g/mol. The molecule has 0 spiro atoms. The Morgan fingerprint density at radius 1 is 0.552 bits per heavy atom. The summed E-state index contributed by atoms with van der Waals surface area (Å²) in [5.41, 5.74) is 5.63. The number of carbonyl (C=O) groups is 6. The fraction of sp³-hybridized carbons (Fsp3) is 0.423. The van der Waals surface area contributed by atoms with Crippen LogP contribution in [0.4, 0.5) is 21.0 Å². The van der Waals surface area contributed by atoms with E-state index in [4.69, 9.17) is 14.2 Å². The SMILES string of the molecule is COC(=O)N[C@H](C(=O)N1CCC[C@H]1C(=O)Nc1ccc(C2C(c3ccc(NC(=O)[C@@H]4CCCN4C(=O)[C@@H](NC(=O)OC)C(C)C)cc3)C2c2ccc(OCc3ccccc3)cc2)cc1)C(C)C. The Hall–Kier alpha value is -6.90. The number of alkyl carbamates (subject to hydrolysis) is 2. The van der Waals surface area contributed by atoms with Crippen molar-refractivity contribution in [3.8, 4) is 5.75 Å². The third kappa shape index (κ3) is 11.4. The highest BCUT2D eigenvalue weighted by molar-refractivity contribution is 5.99. The molecular weight excluding hydrogens is 853 g/mol. The van der Waals surface area contributed by atoms with Gasteiger partial charge in [-0.15, -0.1) is 0 Å². The summed E-state index contributed by atoms with van der Waals surface area (Å²) in [6.07, 6.45) is 0.954. The van der Waals surface area contributed by atoms with Gasteiger partial charge in [0.25, 0.3) is 0 Å². The first kappa shape index (κ1) is 48.0. The minimum atomic E-state index is -0.824. The molecule has 15 heteroatoms. The minimum Gasteiger partial charge on any atom is -0.489 e. The molecule has 6 atom stereocenters. The van der Waals surface area contributed by atoms with Crippen molar-refractivity contribution in [3.63, 3.8) is 0 Å². The predicted octanol–water partition coefficient (Wildman–Crippen LogP) is 7.55. The lowest BCUT2D eigenvalue weighted by molar-refractivity contribution is -0.139. The molecule has 0 radical (unpaired) electrons. The standard InChI is InChI=1S/C52H62N6O9/c1-31(2)45(55-51(63)65-5)49(61)57-28-10-14-40(57)47(59)53-37-22-16-34(17-23-37)42-43(44(42)36-20-26-39(27-21-36)67-30-33-12-8-7-9-13-33)35-18-24-38(25-19-35)54-48(60)41-15-11-29-58(41)50(62)46(32(3)4)56-52(64)66-6/h7-9,12-13,16-27,31-32,40-46H,10-11,14-15,28-30H2,1-6H3,(H,53,59)(H,54,60)(H,55,63)(H,56,64)/t40-,41-,42?,43?,44?,45-,46-/m0/s1. The van der Waals surface area contributed by atoms with Gasteiger partial charge in [0, 0.05) is 24.5 Å². The molecule has 0 aromatic heterocycles. The van der Waals surface area contributed by atoms with E-state index in [1.165, 1.54) is 14.2 Å². The number of carbonyl (C=O) groups excluding carboxylic acids is 6. The number of hydrogen-bond acceptors (Lipinski definition) is 9. The summed E-state index contributed by atoms with van der Waals surface area (Å²) in [6, 6.07) is 30.9. The fourth-order valence-electron chi connectivity index (χ4n) is 9.47. The van der Waals surface area contributed by atoms with Crippen molar-refractivity contribution in [2.45, 2.75) is 102 Å². The van der Waals surface area contributed by atoms with Crippen molar-refractivity contribution in [3.05, 3.63) is 125 Å². The molecule has 2 saturated heterocycles. The highest BCUT2D eigenvalue weighted by Gasteiger charge is 2.52. The quantitative estimate of drug-likeness (QED) is 0.0882. The Morgan fingerprint density at radius 2 is 0.940 bits per heavy atom. The van der Waals surface area contributed by atoms with Gasteiger partial charge in [-0.2, -0.15) is 0 Å². The van der Waals surface area contributed by atoms with E-state index in [0.717, 1.165) is 28.0 Å². The van der Waals surface area contributed by atoms with Crippen molar-refractivity contribution in [2.75, 3.05) is 37.9 Å². The van der Waals surface area contributed by atoms with Crippen LogP contribution in [0.25, 0.3) is 0 Å². The molecule has 354 valence electrons. The molecule has 67 heavy (non-hydrogen) atoms. The van der Waals surface area contributed by atoms with Crippen LogP contribution in [0.15, 0.2) is 103 Å². The van der Waals surface area contributed by atoms with Gasteiger partial charge < -0.3 is 45.3 Å². The third-order valence-electron chi connectivity index (χ3n) is 13.1. The van der Waals surface area contributed by atoms with Crippen molar-refractivity contribution in [1.29, 1.82) is 0 Å². The Bertz CT molecular complexity index is 2250. The molecule has 3 fully saturated rings. The number of methoxy groups -OCH3 is 2. The summed E-state index contributed by atoms with van der Waals surface area (Å²) in [5, 5.41) is 11.3. The van der Waals surface area contributed by atoms with Crippen LogP contribution < -0.4 is 26.0 Å². The second-order valence-electron chi connectivity index (χ2n) is 18.2. The fourth-order valence-corrected chi connectivity index (χ4v) is 9.47. The molecule has 2 heterocycles. The van der Waals surface area contributed by atoms with Crippen molar-refractivity contribution < 1.29 is 43.0 Å². The van der Waals surface area contributed by atoms with Gasteiger partial charge in [0.15, 0.2) is 0 Å². The number of rotatable bonds is 16. The summed E-state index contributed by atoms with van der Waals surface area (Å²) in [5.74, 6) is -0.527. The van der Waals surface area contributed by atoms with E-state index in [1.54, 1.807) is 9.80 Å². The topological polar surface area (TPSA) is 185 Å². The lowest BCUT2D eigenvalue weighted by Gasteiger charge is -2.30. The van der Waals surface area contributed by atoms with Gasteiger partial charge in [0.1, 0.15) is 36.5 Å². The molecule has 4 aromatic rings. The predicted molar refractivity (Wildman–Crippen MR) is 253 cm³/mol. The molecule has 6 amide bonds. The van der Waals surface area contributed by atoms with Crippen LogP contribution in [0.1, 0.15) is 93.4 Å². The number of likely N-dealkylation sites (tertiary alicyclic amines) is 2. The van der Waals surface area contributed by atoms with Crippen LogP contribution in [0.2, 0.25) is 0 Å². The average molecular weight is 915 g/mol. The Labute approximate surface area is 392 Å². The number of amides is 6. The maximum Gasteiger partial charge on any atom is 0.407 e. The first-order valence-electron chi connectivity index (χ1n) is 23.2. The molecule has 2 unspecified atom stereocenters. The van der Waals surface area contributed by atoms with Gasteiger partial charge in [-0.3, -0.25) is 19.2 Å². The first-order valence-corrected chi connectivity index (χ1v) is 23.2. The van der Waals surface area contributed by atoms with Crippen LogP contribution in [0.3, 0.4) is 0 Å². The second-order valence-corrected chi connectivity index (χ2v) is 18.2. The molecular formula is C52H62N6O9. The first-order chi connectivity index (χ1) is 32.3. The molecule has 0 bridgehead atoms. The van der Waals surface area contributed by atoms with E-state index in [-0.39, 0.29) is 53.2 Å². The van der Waals surface area contributed by atoms with Gasteiger partial charge >= 0.3 is 12.2 Å². The van der Waals surface area contributed by atoms with Gasteiger partial charge in [-0.05, 0) is 114 Å². The smallest absolute Gasteiger partial charge is 0.407 e. The van der Waals surface area contributed by atoms with Crippen LogP contribution in [0, 0.1) is 11.8 Å². The van der Waals surface area contributed by atoms with E-state index in [1.807, 2.05) is 119 Å². The summed E-state index contributed by atoms with van der Waals surface area (Å²) in [6.45, 7) is 8.62. The van der Waals surface area contributed by atoms with Gasteiger partial charge in [0.05, 0.1) is 14.2 Å². The Balaban J connectivity index is 1.05. The number of ether oxygens (including phenoxy) is 3. The molecule has 4 N–H and O–H groups in total. The lowest BCUT2D eigenvalue weighted by Crippen LogP contribution is -2.54. The third-order valence-corrected chi connectivity index (χ3v) is 13.1. The molecule has 4 aromatic carbocycles. The van der Waals surface area contributed by atoms with Crippen LogP contribution >= 0.6 is 0 Å². The van der Waals surface area contributed by atoms with Gasteiger partial charge in [-0.25, -0.2) is 9.59 Å². The number of nitrogens with one attached hydrogen (secondary N) is 4. The van der Waals surface area contributed by atoms with Crippen molar-refractivity contribution in [2.24, 2.45) is 11.8 Å². The van der Waals surface area contributed by atoms with E-state index in [2.05, 4.69) is 33.4 Å². The molecule has 1 saturated carbocycles. The number of anilines is 2. The van der Waals surface area contributed by atoms with E-state index < -0.39 is 36.4 Å². The van der Waals surface area contributed by atoms with Crippen molar-refractivity contribution in [1.82, 2.24) is 20.4 Å². The maximum absolute atomic E-state index is 13.7. The summed E-state index contributed by atoms with van der Waals surface area (Å²) in [4.78, 5) is 81.7. The molecule has 7 rings (SSSR count). The summed E-state index contributed by atoms with van der Waals surface area (Å²) in [7, 11) is 2.49. The maximum atomic E-state index is 13.7. The molecule has 3 aliphatic rings. The zero-order valence-corrected chi connectivity index (χ0v) is 39.0. The van der Waals surface area contributed by atoms with E-state index >= 15 is 0 Å². The Kier molecular flexibility index (Phi) is 15.5. The highest BCUT2D eigenvalue weighted by atomic mass is 16.5. The largest absolute Gasteiger partial charge is 0.489 e. The Morgan fingerprint density at radius 3 is 1.31 bits per heavy atom. The summed E-state index contributed by atoms with van der Waals surface area (Å²) >= 11 is 0. The number of benzene rings is 4. The molecule has 2 aliphatic heterocycles. The van der Waals surface area contributed by atoms with Crippen LogP contribution in [0.5, 0.6) is 5.75 Å². The summed E-state index contributed by atoms with van der Waals surface area (Å²) < 4.78 is 15.6.